The van der Waals surface area contributed by atoms with Crippen molar-refractivity contribution in [3.05, 3.63) is 40.0 Å². The molecule has 0 radical (unpaired) electrons. The van der Waals surface area contributed by atoms with Crippen molar-refractivity contribution < 1.29 is 18.1 Å². The standard InChI is InChI=1S/C13H11BrF2NO2P/c1-20(2,19)13(15,16)10-6-12-8(5-11(10)14)3-4-9(7-18)17-12/h3-7H,1-2H3. The molecule has 0 aliphatic rings. The first-order valence-corrected chi connectivity index (χ1v) is 9.05. The maximum Gasteiger partial charge on any atom is 0.323 e. The van der Waals surface area contributed by atoms with Gasteiger partial charge in [0.05, 0.1) is 5.52 Å². The van der Waals surface area contributed by atoms with Crippen molar-refractivity contribution in [1.29, 1.82) is 0 Å². The van der Waals surface area contributed by atoms with Gasteiger partial charge in [0.15, 0.2) is 13.4 Å². The second-order valence-electron chi connectivity index (χ2n) is 4.77. The fraction of sp³-hybridized carbons (Fsp3) is 0.231. The number of benzene rings is 1. The van der Waals surface area contributed by atoms with Crippen LogP contribution >= 0.6 is 23.1 Å². The summed E-state index contributed by atoms with van der Waals surface area (Å²) >= 11 is 3.08. The summed E-state index contributed by atoms with van der Waals surface area (Å²) < 4.78 is 40.5. The smallest absolute Gasteiger partial charge is 0.317 e. The van der Waals surface area contributed by atoms with Crippen molar-refractivity contribution in [3.63, 3.8) is 0 Å². The Balaban J connectivity index is 2.74. The number of aromatic nitrogens is 1. The molecule has 0 bridgehead atoms. The Kier molecular flexibility index (Phi) is 3.82. The monoisotopic (exact) mass is 361 g/mol. The number of carbonyl (C=O) groups excluding carboxylic acids is 1. The van der Waals surface area contributed by atoms with Gasteiger partial charge in [-0.2, -0.15) is 8.78 Å². The van der Waals surface area contributed by atoms with Gasteiger partial charge in [-0.25, -0.2) is 4.98 Å². The Bertz CT molecular complexity index is 742. The predicted molar refractivity (Wildman–Crippen MR) is 78.2 cm³/mol. The van der Waals surface area contributed by atoms with Gasteiger partial charge in [0.25, 0.3) is 0 Å². The number of carbonyl (C=O) groups is 1. The molecule has 0 aliphatic heterocycles. The zero-order valence-corrected chi connectivity index (χ0v) is 13.2. The van der Waals surface area contributed by atoms with E-state index in [1.54, 1.807) is 6.07 Å². The number of alkyl halides is 2. The number of halogens is 3. The van der Waals surface area contributed by atoms with Gasteiger partial charge in [0, 0.05) is 15.4 Å². The normalized spacial score (nSPS) is 12.7. The average Bonchev–Trinajstić information content (AvgIpc) is 2.35. The molecule has 0 saturated heterocycles. The fourth-order valence-electron chi connectivity index (χ4n) is 1.75. The van der Waals surface area contributed by atoms with Crippen molar-refractivity contribution in [2.24, 2.45) is 0 Å². The molecule has 0 unspecified atom stereocenters. The number of nitrogens with zero attached hydrogens (tertiary/aromatic N) is 1. The Hall–Kier alpha value is -1.13. The van der Waals surface area contributed by atoms with E-state index in [1.165, 1.54) is 18.2 Å². The lowest BCUT2D eigenvalue weighted by molar-refractivity contribution is 0.0886. The molecule has 2 aromatic rings. The van der Waals surface area contributed by atoms with Crippen LogP contribution < -0.4 is 0 Å². The number of pyridine rings is 1. The summed E-state index contributed by atoms with van der Waals surface area (Å²) in [6.07, 6.45) is 0.545. The highest BCUT2D eigenvalue weighted by molar-refractivity contribution is 9.10. The van der Waals surface area contributed by atoms with E-state index in [4.69, 9.17) is 0 Å². The number of aldehydes is 1. The molecule has 1 heterocycles. The summed E-state index contributed by atoms with van der Waals surface area (Å²) in [6.45, 7) is 2.08. The molecular formula is C13H11BrF2NO2P. The van der Waals surface area contributed by atoms with Gasteiger partial charge in [-0.1, -0.05) is 22.0 Å². The summed E-state index contributed by atoms with van der Waals surface area (Å²) in [5, 5.41) is 0.615. The Morgan fingerprint density at radius 3 is 2.50 bits per heavy atom. The number of fused-ring (bicyclic) bond motifs is 1. The van der Waals surface area contributed by atoms with E-state index >= 15 is 0 Å². The molecule has 0 saturated carbocycles. The van der Waals surface area contributed by atoms with Crippen molar-refractivity contribution >= 4 is 40.3 Å². The third-order valence-corrected chi connectivity index (χ3v) is 5.17. The van der Waals surface area contributed by atoms with E-state index in [9.17, 15) is 18.1 Å². The van der Waals surface area contributed by atoms with Crippen molar-refractivity contribution in [2.75, 3.05) is 13.3 Å². The highest BCUT2D eigenvalue weighted by Gasteiger charge is 2.46. The minimum absolute atomic E-state index is 0.158. The number of rotatable bonds is 3. The number of hydrogen-bond donors (Lipinski definition) is 0. The molecule has 0 aliphatic carbocycles. The van der Waals surface area contributed by atoms with Crippen LogP contribution in [0, 0.1) is 0 Å². The molecule has 3 nitrogen and oxygen atoms in total. The average molecular weight is 362 g/mol. The summed E-state index contributed by atoms with van der Waals surface area (Å²) in [6, 6.07) is 5.78. The molecule has 0 fully saturated rings. The summed E-state index contributed by atoms with van der Waals surface area (Å²) in [5.74, 6) is 0. The molecule has 1 aromatic carbocycles. The van der Waals surface area contributed by atoms with Crippen LogP contribution in [0.15, 0.2) is 28.7 Å². The van der Waals surface area contributed by atoms with E-state index in [0.29, 0.717) is 11.7 Å². The Morgan fingerprint density at radius 1 is 1.30 bits per heavy atom. The molecule has 2 rings (SSSR count). The third-order valence-electron chi connectivity index (χ3n) is 2.92. The molecule has 1 aromatic heterocycles. The molecule has 0 N–H and O–H groups in total. The predicted octanol–water partition coefficient (Wildman–Crippen LogP) is 4.48. The zero-order chi connectivity index (χ0) is 15.1. The number of hydrogen-bond acceptors (Lipinski definition) is 3. The molecule has 0 atom stereocenters. The molecule has 7 heteroatoms. The SMILES string of the molecule is CP(C)(=O)C(F)(F)c1cc2nc(C=O)ccc2cc1Br. The van der Waals surface area contributed by atoms with E-state index in [1.807, 2.05) is 0 Å². The van der Waals surface area contributed by atoms with Gasteiger partial charge in [-0.05, 0) is 31.5 Å². The van der Waals surface area contributed by atoms with Gasteiger partial charge in [-0.15, -0.1) is 0 Å². The quantitative estimate of drug-likeness (QED) is 0.598. The van der Waals surface area contributed by atoms with Crippen LogP contribution in [0.4, 0.5) is 8.78 Å². The summed E-state index contributed by atoms with van der Waals surface area (Å²) in [5.41, 5.74) is -3.42. The molecule has 0 amide bonds. The summed E-state index contributed by atoms with van der Waals surface area (Å²) in [4.78, 5) is 14.7. The molecular weight excluding hydrogens is 351 g/mol. The van der Waals surface area contributed by atoms with E-state index < -0.39 is 12.8 Å². The second-order valence-corrected chi connectivity index (χ2v) is 8.89. The fourth-order valence-corrected chi connectivity index (χ4v) is 3.27. The first kappa shape index (κ1) is 15.3. The maximum atomic E-state index is 14.2. The largest absolute Gasteiger partial charge is 0.323 e. The van der Waals surface area contributed by atoms with Gasteiger partial charge < -0.3 is 4.57 Å². The first-order valence-electron chi connectivity index (χ1n) is 5.65. The van der Waals surface area contributed by atoms with Crippen LogP contribution in [0.3, 0.4) is 0 Å². The van der Waals surface area contributed by atoms with Gasteiger partial charge >= 0.3 is 5.66 Å². The van der Waals surface area contributed by atoms with E-state index in [0.717, 1.165) is 13.3 Å². The van der Waals surface area contributed by atoms with Crippen LogP contribution in [-0.4, -0.2) is 24.6 Å². The highest BCUT2D eigenvalue weighted by Crippen LogP contribution is 2.61. The van der Waals surface area contributed by atoms with Crippen LogP contribution in [0.2, 0.25) is 0 Å². The van der Waals surface area contributed by atoms with Gasteiger partial charge in [0.2, 0.25) is 0 Å². The van der Waals surface area contributed by atoms with Gasteiger partial charge in [0.1, 0.15) is 5.69 Å². The van der Waals surface area contributed by atoms with Crippen LogP contribution in [0.1, 0.15) is 16.1 Å². The molecule has 20 heavy (non-hydrogen) atoms. The van der Waals surface area contributed by atoms with Crippen LogP contribution in [0.5, 0.6) is 0 Å². The van der Waals surface area contributed by atoms with Crippen molar-refractivity contribution in [1.82, 2.24) is 4.98 Å². The van der Waals surface area contributed by atoms with E-state index in [2.05, 4.69) is 20.9 Å². The minimum Gasteiger partial charge on any atom is -0.317 e. The topological polar surface area (TPSA) is 47.0 Å². The van der Waals surface area contributed by atoms with E-state index in [-0.39, 0.29) is 21.2 Å². The zero-order valence-electron chi connectivity index (χ0n) is 10.7. The lowest BCUT2D eigenvalue weighted by Crippen LogP contribution is -2.14. The maximum absolute atomic E-state index is 14.2. The second kappa shape index (κ2) is 5.01. The van der Waals surface area contributed by atoms with Gasteiger partial charge in [-0.3, -0.25) is 4.79 Å². The lowest BCUT2D eigenvalue weighted by atomic mass is 10.1. The van der Waals surface area contributed by atoms with Crippen molar-refractivity contribution in [3.8, 4) is 0 Å². The Morgan fingerprint density at radius 2 is 1.95 bits per heavy atom. The molecule has 106 valence electrons. The molecule has 0 spiro atoms. The third kappa shape index (κ3) is 2.54. The lowest BCUT2D eigenvalue weighted by Gasteiger charge is -2.22. The van der Waals surface area contributed by atoms with Crippen molar-refractivity contribution in [2.45, 2.75) is 5.66 Å². The Labute approximate surface area is 122 Å². The van der Waals surface area contributed by atoms with Crippen LogP contribution in [0.25, 0.3) is 10.9 Å². The summed E-state index contributed by atoms with van der Waals surface area (Å²) in [7, 11) is -3.67. The highest BCUT2D eigenvalue weighted by atomic mass is 79.9. The first-order chi connectivity index (χ1) is 9.16. The minimum atomic E-state index is -3.67. The van der Waals surface area contributed by atoms with Crippen LogP contribution in [-0.2, 0) is 10.2 Å².